The molecule has 0 radical (unpaired) electrons. The van der Waals surface area contributed by atoms with Crippen LogP contribution >= 0.6 is 0 Å². The Balaban J connectivity index is 1.46. The van der Waals surface area contributed by atoms with Crippen molar-refractivity contribution in [2.75, 3.05) is 12.4 Å². The van der Waals surface area contributed by atoms with Crippen molar-refractivity contribution in [1.29, 1.82) is 0 Å². The zero-order chi connectivity index (χ0) is 24.7. The molecule has 4 N–H and O–H groups in total. The maximum Gasteiger partial charge on any atom is 0.413 e. The number of ether oxygens (including phenoxy) is 1. The van der Waals surface area contributed by atoms with Crippen LogP contribution < -0.4 is 5.32 Å². The lowest BCUT2D eigenvalue weighted by Gasteiger charge is -2.33. The third-order valence-electron chi connectivity index (χ3n) is 6.94. The highest BCUT2D eigenvalue weighted by Gasteiger charge is 2.41. The predicted octanol–water partition coefficient (Wildman–Crippen LogP) is 4.10. The highest BCUT2D eigenvalue weighted by atomic mass is 16.5. The number of aromatic nitrogens is 2. The van der Waals surface area contributed by atoms with Crippen molar-refractivity contribution in [2.24, 2.45) is 5.92 Å². The Bertz CT molecular complexity index is 1330. The number of nitrogens with one attached hydrogen (secondary N) is 2. The molecule has 2 heterocycles. The second-order valence-corrected chi connectivity index (χ2v) is 9.07. The molecule has 3 aromatic rings. The first kappa shape index (κ1) is 22.7. The molecule has 1 aliphatic heterocycles. The molecule has 1 fully saturated rings. The molecule has 10 heteroatoms. The maximum atomic E-state index is 13.3. The number of aromatic amines is 1. The molecule has 0 unspecified atom stereocenters. The first-order chi connectivity index (χ1) is 16.9. The van der Waals surface area contributed by atoms with Crippen molar-refractivity contribution in [3.63, 3.8) is 0 Å². The van der Waals surface area contributed by atoms with E-state index in [1.807, 2.05) is 0 Å². The standard InChI is InChI=1S/C25H26N4O6/c1-35-25(34)28-24-26-18-8-7-14(9-19(18)27-24)16-11-17-15(10-20(16)30)12-29(22(17)31)21(23(32)33)13-5-3-2-4-6-13/h7-11,13,21,30H,2-6,12H2,1H3,(H,32,33)(H2,26,27,28,34)/t21-/m0/s1. The van der Waals surface area contributed by atoms with Crippen LogP contribution in [0.1, 0.15) is 48.0 Å². The van der Waals surface area contributed by atoms with Gasteiger partial charge in [0.2, 0.25) is 5.95 Å². The number of benzene rings is 2. The summed E-state index contributed by atoms with van der Waals surface area (Å²) in [5.74, 6) is -1.16. The van der Waals surface area contributed by atoms with Crippen LogP contribution in [0.4, 0.5) is 10.7 Å². The van der Waals surface area contributed by atoms with Crippen LogP contribution in [-0.4, -0.2) is 56.2 Å². The Kier molecular flexibility index (Phi) is 5.80. The van der Waals surface area contributed by atoms with Crippen molar-refractivity contribution in [2.45, 2.75) is 44.7 Å². The number of carbonyl (C=O) groups excluding carboxylic acids is 2. The minimum atomic E-state index is -0.983. The Labute approximate surface area is 200 Å². The number of anilines is 1. The van der Waals surface area contributed by atoms with Gasteiger partial charge in [-0.15, -0.1) is 0 Å². The van der Waals surface area contributed by atoms with E-state index < -0.39 is 18.1 Å². The molecule has 1 aliphatic carbocycles. The lowest BCUT2D eigenvalue weighted by Crippen LogP contribution is -2.47. The van der Waals surface area contributed by atoms with Crippen molar-refractivity contribution in [1.82, 2.24) is 14.9 Å². The van der Waals surface area contributed by atoms with Crippen LogP contribution in [0.5, 0.6) is 5.75 Å². The fourth-order valence-electron chi connectivity index (χ4n) is 5.25. The van der Waals surface area contributed by atoms with Gasteiger partial charge in [0.05, 0.1) is 18.1 Å². The molecular formula is C25H26N4O6. The average molecular weight is 479 g/mol. The first-order valence-electron chi connectivity index (χ1n) is 11.6. The zero-order valence-electron chi connectivity index (χ0n) is 19.2. The average Bonchev–Trinajstić information content (AvgIpc) is 3.38. The molecule has 2 aromatic carbocycles. The second kappa shape index (κ2) is 8.94. The summed E-state index contributed by atoms with van der Waals surface area (Å²) in [5, 5.41) is 23.2. The van der Waals surface area contributed by atoms with E-state index in [2.05, 4.69) is 20.0 Å². The molecule has 1 atom stereocenters. The number of phenols is 1. The molecule has 2 aliphatic rings. The summed E-state index contributed by atoms with van der Waals surface area (Å²) in [7, 11) is 1.25. The Morgan fingerprint density at radius 3 is 2.66 bits per heavy atom. The zero-order valence-corrected chi connectivity index (χ0v) is 19.2. The van der Waals surface area contributed by atoms with Gasteiger partial charge in [0.15, 0.2) is 0 Å². The number of carboxylic acids is 1. The number of H-pyrrole nitrogens is 1. The molecule has 2 amide bonds. The topological polar surface area (TPSA) is 145 Å². The van der Waals surface area contributed by atoms with Gasteiger partial charge in [-0.05, 0) is 54.2 Å². The number of rotatable bonds is 5. The molecule has 182 valence electrons. The van der Waals surface area contributed by atoms with Crippen molar-refractivity contribution >= 4 is 35.0 Å². The Hall–Kier alpha value is -4.08. The van der Waals surface area contributed by atoms with Gasteiger partial charge in [0, 0.05) is 17.7 Å². The summed E-state index contributed by atoms with van der Waals surface area (Å²) in [4.78, 5) is 45.6. The van der Waals surface area contributed by atoms with Crippen LogP contribution in [0.25, 0.3) is 22.2 Å². The van der Waals surface area contributed by atoms with E-state index >= 15 is 0 Å². The summed E-state index contributed by atoms with van der Waals surface area (Å²) in [5.41, 5.74) is 3.31. The quantitative estimate of drug-likeness (QED) is 0.432. The largest absolute Gasteiger partial charge is 0.507 e. The van der Waals surface area contributed by atoms with Crippen LogP contribution in [0.3, 0.4) is 0 Å². The van der Waals surface area contributed by atoms with E-state index in [0.29, 0.717) is 33.3 Å². The first-order valence-corrected chi connectivity index (χ1v) is 11.6. The van der Waals surface area contributed by atoms with Crippen molar-refractivity contribution in [3.05, 3.63) is 41.5 Å². The number of hydrogen-bond donors (Lipinski definition) is 4. The van der Waals surface area contributed by atoms with E-state index in [-0.39, 0.29) is 30.1 Å². The summed E-state index contributed by atoms with van der Waals surface area (Å²) in [6.07, 6.45) is 3.98. The number of carboxylic acid groups (broad SMARTS) is 1. The number of aromatic hydroxyl groups is 1. The number of phenolic OH excluding ortho intramolecular Hbond substituents is 1. The Morgan fingerprint density at radius 1 is 1.17 bits per heavy atom. The molecule has 5 rings (SSSR count). The number of amides is 2. The normalized spacial score (nSPS) is 16.8. The van der Waals surface area contributed by atoms with Crippen LogP contribution in [0.2, 0.25) is 0 Å². The third-order valence-corrected chi connectivity index (χ3v) is 6.94. The fourth-order valence-corrected chi connectivity index (χ4v) is 5.25. The SMILES string of the molecule is COC(=O)Nc1nc2ccc(-c3cc4c(cc3O)CN([C@H](C(=O)O)C3CCCCC3)C4=O)cc2[nH]1. The van der Waals surface area contributed by atoms with Crippen molar-refractivity contribution in [3.8, 4) is 16.9 Å². The number of aliphatic carboxylic acids is 1. The maximum absolute atomic E-state index is 13.3. The van der Waals surface area contributed by atoms with Gasteiger partial charge < -0.3 is 24.8 Å². The van der Waals surface area contributed by atoms with Crippen molar-refractivity contribution < 1.29 is 29.3 Å². The van der Waals surface area contributed by atoms with Crippen LogP contribution in [0.15, 0.2) is 30.3 Å². The Morgan fingerprint density at radius 2 is 1.94 bits per heavy atom. The lowest BCUT2D eigenvalue weighted by molar-refractivity contribution is -0.145. The fraction of sp³-hybridized carbons (Fsp3) is 0.360. The van der Waals surface area contributed by atoms with E-state index in [9.17, 15) is 24.6 Å². The number of carbonyl (C=O) groups is 3. The summed E-state index contributed by atoms with van der Waals surface area (Å²) in [6, 6.07) is 7.54. The molecule has 35 heavy (non-hydrogen) atoms. The highest BCUT2D eigenvalue weighted by molar-refractivity contribution is 6.02. The smallest absolute Gasteiger partial charge is 0.413 e. The van der Waals surface area contributed by atoms with Gasteiger partial charge in [-0.3, -0.25) is 10.1 Å². The number of imidazole rings is 1. The molecule has 1 aromatic heterocycles. The molecule has 1 saturated carbocycles. The second-order valence-electron chi connectivity index (χ2n) is 9.07. The van der Waals surface area contributed by atoms with Gasteiger partial charge in [-0.1, -0.05) is 25.3 Å². The number of methoxy groups -OCH3 is 1. The minimum absolute atomic E-state index is 0.00489. The van der Waals surface area contributed by atoms with Crippen LogP contribution in [0, 0.1) is 5.92 Å². The summed E-state index contributed by atoms with van der Waals surface area (Å²) >= 11 is 0. The minimum Gasteiger partial charge on any atom is -0.507 e. The molecule has 0 bridgehead atoms. The monoisotopic (exact) mass is 478 g/mol. The number of hydrogen-bond acceptors (Lipinski definition) is 6. The van der Waals surface area contributed by atoms with Gasteiger partial charge in [-0.25, -0.2) is 14.6 Å². The molecule has 0 spiro atoms. The number of fused-ring (bicyclic) bond motifs is 2. The predicted molar refractivity (Wildman–Crippen MR) is 127 cm³/mol. The van der Waals surface area contributed by atoms with E-state index in [0.717, 1.165) is 32.1 Å². The summed E-state index contributed by atoms with van der Waals surface area (Å²) < 4.78 is 4.57. The highest BCUT2D eigenvalue weighted by Crippen LogP contribution is 2.39. The van der Waals surface area contributed by atoms with Gasteiger partial charge in [-0.2, -0.15) is 0 Å². The number of nitrogens with zero attached hydrogens (tertiary/aromatic N) is 2. The van der Waals surface area contributed by atoms with E-state index in [4.69, 9.17) is 0 Å². The molecule has 0 saturated heterocycles. The van der Waals surface area contributed by atoms with Gasteiger partial charge >= 0.3 is 12.1 Å². The molecular weight excluding hydrogens is 452 g/mol. The third kappa shape index (κ3) is 4.16. The van der Waals surface area contributed by atoms with Gasteiger partial charge in [0.25, 0.3) is 5.91 Å². The van der Waals surface area contributed by atoms with Crippen LogP contribution in [-0.2, 0) is 16.1 Å². The summed E-state index contributed by atoms with van der Waals surface area (Å²) in [6.45, 7) is 0.164. The lowest BCUT2D eigenvalue weighted by atomic mass is 9.83. The van der Waals surface area contributed by atoms with E-state index in [1.54, 1.807) is 30.3 Å². The van der Waals surface area contributed by atoms with Gasteiger partial charge in [0.1, 0.15) is 11.8 Å². The van der Waals surface area contributed by atoms with E-state index in [1.165, 1.54) is 12.0 Å². The molecule has 10 nitrogen and oxygen atoms in total.